The summed E-state index contributed by atoms with van der Waals surface area (Å²) >= 11 is 0. The van der Waals surface area contributed by atoms with Crippen molar-refractivity contribution in [1.29, 1.82) is 0 Å². The number of carbonyl (C=O) groups excluding carboxylic acids is 1. The van der Waals surface area contributed by atoms with E-state index in [4.69, 9.17) is 0 Å². The molecule has 24 heavy (non-hydrogen) atoms. The van der Waals surface area contributed by atoms with Gasteiger partial charge in [0.15, 0.2) is 0 Å². The molecule has 1 aliphatic rings. The van der Waals surface area contributed by atoms with Crippen LogP contribution in [0.25, 0.3) is 6.08 Å². The maximum Gasteiger partial charge on any atom is 0.244 e. The second-order valence-electron chi connectivity index (χ2n) is 6.03. The van der Waals surface area contributed by atoms with Crippen LogP contribution in [-0.2, 0) is 11.3 Å². The van der Waals surface area contributed by atoms with Gasteiger partial charge in [-0.05, 0) is 12.5 Å². The Balaban J connectivity index is 1.43. The highest BCUT2D eigenvalue weighted by Crippen LogP contribution is 2.06. The molecule has 1 aromatic carbocycles. The molecule has 0 unspecified atom stereocenters. The van der Waals surface area contributed by atoms with Gasteiger partial charge in [0.1, 0.15) is 6.54 Å². The summed E-state index contributed by atoms with van der Waals surface area (Å²) in [7, 11) is 0. The number of nitrogens with zero attached hydrogens (tertiary/aromatic N) is 5. The predicted octanol–water partition coefficient (Wildman–Crippen LogP) is 1.44. The maximum absolute atomic E-state index is 12.3. The summed E-state index contributed by atoms with van der Waals surface area (Å²) in [6, 6.07) is 10.3. The molecule has 1 aromatic heterocycles. The fourth-order valence-electron chi connectivity index (χ4n) is 2.78. The fraction of sp³-hybridized carbons (Fsp3) is 0.389. The molecule has 6 heteroatoms. The van der Waals surface area contributed by atoms with Crippen molar-refractivity contribution in [1.82, 2.24) is 24.8 Å². The van der Waals surface area contributed by atoms with Crippen LogP contribution in [-0.4, -0.2) is 63.4 Å². The van der Waals surface area contributed by atoms with Crippen molar-refractivity contribution in [2.24, 2.45) is 0 Å². The summed E-state index contributed by atoms with van der Waals surface area (Å²) in [6.07, 6.45) is 6.00. The van der Waals surface area contributed by atoms with E-state index >= 15 is 0 Å². The Morgan fingerprint density at radius 3 is 2.58 bits per heavy atom. The van der Waals surface area contributed by atoms with Crippen LogP contribution < -0.4 is 0 Å². The summed E-state index contributed by atoms with van der Waals surface area (Å²) in [5.41, 5.74) is 2.13. The van der Waals surface area contributed by atoms with E-state index in [0.29, 0.717) is 0 Å². The minimum absolute atomic E-state index is 0.114. The molecule has 0 saturated carbocycles. The standard InChI is InChI=1S/C18H23N5O/c1-16-14-19-20-23(16)15-18(24)22-12-10-21(11-13-22)9-5-8-17-6-3-2-4-7-17/h2-8,14H,9-13,15H2,1H3/b8-5+. The third kappa shape index (κ3) is 4.29. The van der Waals surface area contributed by atoms with Crippen LogP contribution in [0.4, 0.5) is 0 Å². The van der Waals surface area contributed by atoms with Crippen LogP contribution in [0.15, 0.2) is 42.6 Å². The number of hydrogen-bond acceptors (Lipinski definition) is 4. The lowest BCUT2D eigenvalue weighted by molar-refractivity contribution is -0.133. The molecule has 1 amide bonds. The molecule has 0 radical (unpaired) electrons. The number of rotatable bonds is 5. The van der Waals surface area contributed by atoms with Crippen molar-refractivity contribution in [3.05, 3.63) is 53.9 Å². The van der Waals surface area contributed by atoms with Crippen molar-refractivity contribution in [2.45, 2.75) is 13.5 Å². The summed E-state index contributed by atoms with van der Waals surface area (Å²) in [4.78, 5) is 16.6. The van der Waals surface area contributed by atoms with Crippen LogP contribution in [0.2, 0.25) is 0 Å². The zero-order valence-corrected chi connectivity index (χ0v) is 14.0. The monoisotopic (exact) mass is 325 g/mol. The van der Waals surface area contributed by atoms with Crippen molar-refractivity contribution in [2.75, 3.05) is 32.7 Å². The lowest BCUT2D eigenvalue weighted by Gasteiger charge is -2.34. The third-order valence-corrected chi connectivity index (χ3v) is 4.29. The first-order valence-corrected chi connectivity index (χ1v) is 8.29. The molecule has 1 fully saturated rings. The van der Waals surface area contributed by atoms with Gasteiger partial charge < -0.3 is 4.90 Å². The Hall–Kier alpha value is -2.47. The van der Waals surface area contributed by atoms with Crippen molar-refractivity contribution >= 4 is 12.0 Å². The molecule has 2 heterocycles. The molecule has 0 aliphatic carbocycles. The Kier molecular flexibility index (Phi) is 5.38. The molecule has 0 bridgehead atoms. The van der Waals surface area contributed by atoms with Crippen LogP contribution in [0, 0.1) is 6.92 Å². The molecule has 0 spiro atoms. The molecular weight excluding hydrogens is 302 g/mol. The van der Waals surface area contributed by atoms with Gasteiger partial charge in [0, 0.05) is 32.7 Å². The second kappa shape index (κ2) is 7.88. The van der Waals surface area contributed by atoms with Gasteiger partial charge in [0.2, 0.25) is 5.91 Å². The normalized spacial score (nSPS) is 16.0. The molecule has 1 aliphatic heterocycles. The largest absolute Gasteiger partial charge is 0.339 e. The average molecular weight is 325 g/mol. The van der Waals surface area contributed by atoms with E-state index in [1.165, 1.54) is 5.56 Å². The number of hydrogen-bond donors (Lipinski definition) is 0. The fourth-order valence-corrected chi connectivity index (χ4v) is 2.78. The third-order valence-electron chi connectivity index (χ3n) is 4.29. The smallest absolute Gasteiger partial charge is 0.244 e. The van der Waals surface area contributed by atoms with E-state index in [-0.39, 0.29) is 12.5 Å². The minimum atomic E-state index is 0.114. The molecular formula is C18H23N5O. The van der Waals surface area contributed by atoms with E-state index in [2.05, 4.69) is 39.5 Å². The molecule has 0 atom stereocenters. The summed E-state index contributed by atoms with van der Waals surface area (Å²) in [5, 5.41) is 7.75. The van der Waals surface area contributed by atoms with E-state index in [1.54, 1.807) is 10.9 Å². The van der Waals surface area contributed by atoms with Crippen LogP contribution >= 0.6 is 0 Å². The highest BCUT2D eigenvalue weighted by molar-refractivity contribution is 5.76. The van der Waals surface area contributed by atoms with Gasteiger partial charge in [-0.3, -0.25) is 9.69 Å². The number of carbonyl (C=O) groups is 1. The number of aromatic nitrogens is 3. The Labute approximate surface area is 142 Å². The van der Waals surface area contributed by atoms with Gasteiger partial charge in [-0.2, -0.15) is 0 Å². The highest BCUT2D eigenvalue weighted by atomic mass is 16.2. The lowest BCUT2D eigenvalue weighted by atomic mass is 10.2. The van der Waals surface area contributed by atoms with Gasteiger partial charge in [0.25, 0.3) is 0 Å². The molecule has 126 valence electrons. The Bertz CT molecular complexity index is 686. The SMILES string of the molecule is Cc1cnnn1CC(=O)N1CCN(C/C=C/c2ccccc2)CC1. The van der Waals surface area contributed by atoms with Gasteiger partial charge in [0.05, 0.1) is 11.9 Å². The molecule has 2 aromatic rings. The van der Waals surface area contributed by atoms with Crippen LogP contribution in [0.3, 0.4) is 0 Å². The summed E-state index contributed by atoms with van der Waals surface area (Å²) in [5.74, 6) is 0.114. The Morgan fingerprint density at radius 1 is 1.17 bits per heavy atom. The molecule has 1 saturated heterocycles. The zero-order chi connectivity index (χ0) is 16.8. The van der Waals surface area contributed by atoms with Crippen LogP contribution in [0.1, 0.15) is 11.3 Å². The summed E-state index contributed by atoms with van der Waals surface area (Å²) < 4.78 is 1.65. The first-order valence-electron chi connectivity index (χ1n) is 8.29. The second-order valence-corrected chi connectivity index (χ2v) is 6.03. The topological polar surface area (TPSA) is 54.3 Å². The van der Waals surface area contributed by atoms with Crippen molar-refractivity contribution < 1.29 is 4.79 Å². The first kappa shape index (κ1) is 16.4. The molecule has 3 rings (SSSR count). The van der Waals surface area contributed by atoms with E-state index in [0.717, 1.165) is 38.4 Å². The summed E-state index contributed by atoms with van der Waals surface area (Å²) in [6.45, 7) is 6.45. The van der Waals surface area contributed by atoms with E-state index in [1.807, 2.05) is 30.0 Å². The van der Waals surface area contributed by atoms with Gasteiger partial charge in [-0.15, -0.1) is 5.10 Å². The van der Waals surface area contributed by atoms with E-state index < -0.39 is 0 Å². The number of aryl methyl sites for hydroxylation is 1. The maximum atomic E-state index is 12.3. The predicted molar refractivity (Wildman–Crippen MR) is 93.3 cm³/mol. The number of benzene rings is 1. The van der Waals surface area contributed by atoms with Gasteiger partial charge >= 0.3 is 0 Å². The highest BCUT2D eigenvalue weighted by Gasteiger charge is 2.21. The average Bonchev–Trinajstić information content (AvgIpc) is 3.01. The van der Waals surface area contributed by atoms with Crippen molar-refractivity contribution in [3.63, 3.8) is 0 Å². The van der Waals surface area contributed by atoms with Gasteiger partial charge in [-0.1, -0.05) is 47.7 Å². The minimum Gasteiger partial charge on any atom is -0.339 e. The zero-order valence-electron chi connectivity index (χ0n) is 14.0. The van der Waals surface area contributed by atoms with E-state index in [9.17, 15) is 4.79 Å². The first-order chi connectivity index (χ1) is 11.7. The molecule has 6 nitrogen and oxygen atoms in total. The van der Waals surface area contributed by atoms with Crippen molar-refractivity contribution in [3.8, 4) is 0 Å². The van der Waals surface area contributed by atoms with Gasteiger partial charge in [-0.25, -0.2) is 4.68 Å². The Morgan fingerprint density at radius 2 is 1.92 bits per heavy atom. The number of piperazine rings is 1. The van der Waals surface area contributed by atoms with Crippen LogP contribution in [0.5, 0.6) is 0 Å². The molecule has 0 N–H and O–H groups in total. The lowest BCUT2D eigenvalue weighted by Crippen LogP contribution is -2.49. The quantitative estimate of drug-likeness (QED) is 0.835. The number of amides is 1.